The lowest BCUT2D eigenvalue weighted by Crippen LogP contribution is -1.87. The Bertz CT molecular complexity index is 221. The minimum atomic E-state index is 0.774. The number of rotatable bonds is 4. The summed E-state index contributed by atoms with van der Waals surface area (Å²) in [5.41, 5.74) is 0. The Kier molecular flexibility index (Phi) is 3.65. The first kappa shape index (κ1) is 9.11. The average molecular weight is 164 g/mol. The molecule has 1 aromatic heterocycles. The van der Waals surface area contributed by atoms with Gasteiger partial charge in [0.05, 0.1) is 6.26 Å². The van der Waals surface area contributed by atoms with Crippen molar-refractivity contribution in [1.29, 1.82) is 0 Å². The van der Waals surface area contributed by atoms with Crippen LogP contribution in [0.5, 0.6) is 0 Å². The maximum atomic E-state index is 5.16. The van der Waals surface area contributed by atoms with Crippen LogP contribution in [0.25, 0.3) is 6.08 Å². The Labute approximate surface area is 74.1 Å². The van der Waals surface area contributed by atoms with E-state index in [-0.39, 0.29) is 0 Å². The van der Waals surface area contributed by atoms with Crippen molar-refractivity contribution < 1.29 is 4.42 Å². The van der Waals surface area contributed by atoms with Crippen molar-refractivity contribution in [3.63, 3.8) is 0 Å². The molecular weight excluding hydrogens is 148 g/mol. The molecule has 0 N–H and O–H groups in total. The summed E-state index contributed by atoms with van der Waals surface area (Å²) in [5.74, 6) is 1.72. The van der Waals surface area contributed by atoms with Crippen LogP contribution in [0.1, 0.15) is 32.4 Å². The number of hydrogen-bond acceptors (Lipinski definition) is 1. The number of allylic oxidation sites excluding steroid dienone is 1. The Morgan fingerprint density at radius 3 is 3.00 bits per heavy atom. The molecule has 0 saturated carbocycles. The first-order valence-electron chi connectivity index (χ1n) is 4.53. The van der Waals surface area contributed by atoms with Crippen LogP contribution in [0.3, 0.4) is 0 Å². The second-order valence-corrected chi connectivity index (χ2v) is 3.17. The lowest BCUT2D eigenvalue weighted by Gasteiger charge is -2.01. The fourth-order valence-corrected chi connectivity index (χ4v) is 0.969. The Morgan fingerprint density at radius 2 is 2.42 bits per heavy atom. The van der Waals surface area contributed by atoms with Gasteiger partial charge in [-0.2, -0.15) is 0 Å². The first-order chi connectivity index (χ1) is 5.83. The van der Waals surface area contributed by atoms with Crippen LogP contribution in [0.2, 0.25) is 0 Å². The molecule has 0 spiro atoms. The quantitative estimate of drug-likeness (QED) is 0.660. The van der Waals surface area contributed by atoms with E-state index in [0.717, 1.165) is 18.1 Å². The van der Waals surface area contributed by atoms with Crippen molar-refractivity contribution in [2.24, 2.45) is 5.92 Å². The van der Waals surface area contributed by atoms with Gasteiger partial charge in [-0.3, -0.25) is 0 Å². The van der Waals surface area contributed by atoms with Crippen LogP contribution in [0, 0.1) is 5.92 Å². The van der Waals surface area contributed by atoms with Crippen LogP contribution in [-0.4, -0.2) is 0 Å². The third-order valence-corrected chi connectivity index (χ3v) is 2.06. The smallest absolute Gasteiger partial charge is 0.126 e. The molecule has 1 rings (SSSR count). The van der Waals surface area contributed by atoms with E-state index in [1.54, 1.807) is 6.26 Å². The highest BCUT2D eigenvalue weighted by Crippen LogP contribution is 2.09. The number of furan rings is 1. The van der Waals surface area contributed by atoms with E-state index in [0.29, 0.717) is 0 Å². The second-order valence-electron chi connectivity index (χ2n) is 3.17. The largest absolute Gasteiger partial charge is 0.465 e. The van der Waals surface area contributed by atoms with E-state index in [4.69, 9.17) is 4.42 Å². The summed E-state index contributed by atoms with van der Waals surface area (Å²) < 4.78 is 5.16. The summed E-state index contributed by atoms with van der Waals surface area (Å²) in [7, 11) is 0. The highest BCUT2D eigenvalue weighted by atomic mass is 16.3. The fraction of sp³-hybridized carbons (Fsp3) is 0.455. The first-order valence-corrected chi connectivity index (χ1v) is 4.53. The topological polar surface area (TPSA) is 13.1 Å². The van der Waals surface area contributed by atoms with Gasteiger partial charge in [0.25, 0.3) is 0 Å². The summed E-state index contributed by atoms with van der Waals surface area (Å²) in [6.07, 6.45) is 8.28. The third-order valence-electron chi connectivity index (χ3n) is 2.06. The van der Waals surface area contributed by atoms with Gasteiger partial charge in [-0.05, 0) is 30.5 Å². The van der Waals surface area contributed by atoms with Crippen LogP contribution in [-0.2, 0) is 0 Å². The monoisotopic (exact) mass is 164 g/mol. The van der Waals surface area contributed by atoms with E-state index in [9.17, 15) is 0 Å². The van der Waals surface area contributed by atoms with Crippen LogP contribution in [0.15, 0.2) is 28.9 Å². The summed E-state index contributed by atoms with van der Waals surface area (Å²) in [6, 6.07) is 3.87. The van der Waals surface area contributed by atoms with Crippen LogP contribution in [0.4, 0.5) is 0 Å². The van der Waals surface area contributed by atoms with Gasteiger partial charge in [-0.25, -0.2) is 0 Å². The van der Waals surface area contributed by atoms with E-state index in [1.165, 1.54) is 6.42 Å². The molecule has 0 radical (unpaired) electrons. The molecule has 1 heteroatoms. The van der Waals surface area contributed by atoms with Crippen molar-refractivity contribution in [2.45, 2.75) is 26.7 Å². The minimum absolute atomic E-state index is 0.774. The molecule has 1 unspecified atom stereocenters. The summed E-state index contributed by atoms with van der Waals surface area (Å²) in [6.45, 7) is 4.47. The van der Waals surface area contributed by atoms with Crippen molar-refractivity contribution in [1.82, 2.24) is 0 Å². The van der Waals surface area contributed by atoms with Crippen LogP contribution < -0.4 is 0 Å². The molecule has 12 heavy (non-hydrogen) atoms. The maximum absolute atomic E-state index is 5.16. The van der Waals surface area contributed by atoms with E-state index >= 15 is 0 Å². The molecular formula is C11H16O. The number of hydrogen-bond donors (Lipinski definition) is 0. The van der Waals surface area contributed by atoms with E-state index < -0.39 is 0 Å². The zero-order valence-corrected chi connectivity index (χ0v) is 7.79. The zero-order chi connectivity index (χ0) is 8.81. The van der Waals surface area contributed by atoms with Crippen molar-refractivity contribution >= 4 is 6.08 Å². The molecule has 0 aliphatic carbocycles. The zero-order valence-electron chi connectivity index (χ0n) is 7.79. The van der Waals surface area contributed by atoms with Gasteiger partial charge in [-0.15, -0.1) is 0 Å². The fourth-order valence-electron chi connectivity index (χ4n) is 0.969. The Balaban J connectivity index is 2.32. The lowest BCUT2D eigenvalue weighted by atomic mass is 10.1. The normalized spacial score (nSPS) is 13.8. The molecule has 0 aromatic carbocycles. The van der Waals surface area contributed by atoms with Gasteiger partial charge >= 0.3 is 0 Å². The summed E-state index contributed by atoms with van der Waals surface area (Å²) in [4.78, 5) is 0. The SMILES string of the molecule is CCC(C)C/C=C/c1ccco1. The van der Waals surface area contributed by atoms with Gasteiger partial charge in [0.1, 0.15) is 5.76 Å². The van der Waals surface area contributed by atoms with Gasteiger partial charge in [0, 0.05) is 0 Å². The molecule has 0 aliphatic heterocycles. The maximum Gasteiger partial charge on any atom is 0.126 e. The predicted molar refractivity (Wildman–Crippen MR) is 51.8 cm³/mol. The third kappa shape index (κ3) is 2.95. The lowest BCUT2D eigenvalue weighted by molar-refractivity contribution is 0.553. The van der Waals surface area contributed by atoms with Crippen molar-refractivity contribution in [3.8, 4) is 0 Å². The van der Waals surface area contributed by atoms with Crippen molar-refractivity contribution in [2.75, 3.05) is 0 Å². The average Bonchev–Trinajstić information content (AvgIpc) is 2.57. The van der Waals surface area contributed by atoms with Crippen LogP contribution >= 0.6 is 0 Å². The van der Waals surface area contributed by atoms with E-state index in [1.807, 2.05) is 18.2 Å². The molecule has 0 amide bonds. The molecule has 0 fully saturated rings. The van der Waals surface area contributed by atoms with Crippen molar-refractivity contribution in [3.05, 3.63) is 30.2 Å². The molecule has 1 nitrogen and oxygen atoms in total. The molecule has 1 aromatic rings. The molecule has 1 atom stereocenters. The summed E-state index contributed by atoms with van der Waals surface area (Å²) >= 11 is 0. The second kappa shape index (κ2) is 4.81. The van der Waals surface area contributed by atoms with E-state index in [2.05, 4.69) is 19.9 Å². The molecule has 0 saturated heterocycles. The molecule has 1 heterocycles. The standard InChI is InChI=1S/C11H16O/c1-3-10(2)6-4-7-11-8-5-9-12-11/h4-5,7-10H,3,6H2,1-2H3/b7-4+. The van der Waals surface area contributed by atoms with Gasteiger partial charge in [0.2, 0.25) is 0 Å². The molecule has 0 aliphatic rings. The highest BCUT2D eigenvalue weighted by molar-refractivity contribution is 5.41. The summed E-state index contributed by atoms with van der Waals surface area (Å²) in [5, 5.41) is 0. The Morgan fingerprint density at radius 1 is 1.58 bits per heavy atom. The predicted octanol–water partition coefficient (Wildman–Crippen LogP) is 3.73. The minimum Gasteiger partial charge on any atom is -0.465 e. The highest BCUT2D eigenvalue weighted by Gasteiger charge is 1.93. The Hall–Kier alpha value is -0.980. The molecule has 66 valence electrons. The molecule has 0 bridgehead atoms. The van der Waals surface area contributed by atoms with Gasteiger partial charge in [-0.1, -0.05) is 26.3 Å². The van der Waals surface area contributed by atoms with Gasteiger partial charge in [0.15, 0.2) is 0 Å². The van der Waals surface area contributed by atoms with Gasteiger partial charge < -0.3 is 4.42 Å².